The van der Waals surface area contributed by atoms with Crippen LogP contribution in [-0.2, 0) is 13.2 Å². The van der Waals surface area contributed by atoms with E-state index in [4.69, 9.17) is 4.74 Å². The SMILES string of the molecule is OC1CCCN(Cc2ccc(OCc3ccncc3)cc2)C1. The van der Waals surface area contributed by atoms with Crippen molar-refractivity contribution in [1.29, 1.82) is 0 Å². The molecular weight excluding hydrogens is 276 g/mol. The van der Waals surface area contributed by atoms with Gasteiger partial charge >= 0.3 is 0 Å². The number of hydrogen-bond donors (Lipinski definition) is 1. The van der Waals surface area contributed by atoms with Crippen molar-refractivity contribution >= 4 is 0 Å². The molecule has 0 bridgehead atoms. The Kier molecular flexibility index (Phi) is 5.03. The highest BCUT2D eigenvalue weighted by Crippen LogP contribution is 2.17. The molecular formula is C18H22N2O2. The molecule has 1 aromatic heterocycles. The van der Waals surface area contributed by atoms with Crippen LogP contribution in [0, 0.1) is 0 Å². The molecule has 1 aliphatic rings. The summed E-state index contributed by atoms with van der Waals surface area (Å²) in [7, 11) is 0. The molecule has 1 aromatic carbocycles. The van der Waals surface area contributed by atoms with Crippen molar-refractivity contribution in [2.75, 3.05) is 13.1 Å². The van der Waals surface area contributed by atoms with Crippen molar-refractivity contribution < 1.29 is 9.84 Å². The zero-order valence-corrected chi connectivity index (χ0v) is 12.7. The summed E-state index contributed by atoms with van der Waals surface area (Å²) in [6.45, 7) is 3.29. The molecule has 1 aliphatic heterocycles. The van der Waals surface area contributed by atoms with Crippen molar-refractivity contribution in [1.82, 2.24) is 9.88 Å². The van der Waals surface area contributed by atoms with Crippen LogP contribution in [0.5, 0.6) is 5.75 Å². The maximum atomic E-state index is 9.71. The third kappa shape index (κ3) is 4.29. The van der Waals surface area contributed by atoms with E-state index in [1.807, 2.05) is 24.3 Å². The van der Waals surface area contributed by atoms with Crippen molar-refractivity contribution in [3.63, 3.8) is 0 Å². The van der Waals surface area contributed by atoms with Crippen LogP contribution < -0.4 is 4.74 Å². The highest BCUT2D eigenvalue weighted by molar-refractivity contribution is 5.27. The van der Waals surface area contributed by atoms with Crippen LogP contribution in [-0.4, -0.2) is 34.2 Å². The maximum absolute atomic E-state index is 9.71. The summed E-state index contributed by atoms with van der Waals surface area (Å²) in [5.74, 6) is 0.874. The van der Waals surface area contributed by atoms with Gasteiger partial charge in [0.15, 0.2) is 0 Å². The summed E-state index contributed by atoms with van der Waals surface area (Å²) >= 11 is 0. The average molecular weight is 298 g/mol. The van der Waals surface area contributed by atoms with E-state index in [0.29, 0.717) is 6.61 Å². The molecule has 2 heterocycles. The molecule has 4 heteroatoms. The second-order valence-electron chi connectivity index (χ2n) is 5.82. The first kappa shape index (κ1) is 15.0. The number of piperidine rings is 1. The zero-order chi connectivity index (χ0) is 15.2. The van der Waals surface area contributed by atoms with Gasteiger partial charge in [-0.15, -0.1) is 0 Å². The monoisotopic (exact) mass is 298 g/mol. The summed E-state index contributed by atoms with van der Waals surface area (Å²) in [4.78, 5) is 6.30. The molecule has 2 aromatic rings. The maximum Gasteiger partial charge on any atom is 0.119 e. The summed E-state index contributed by atoms with van der Waals surface area (Å²) < 4.78 is 5.77. The molecule has 0 saturated carbocycles. The molecule has 0 aliphatic carbocycles. The van der Waals surface area contributed by atoms with Crippen molar-refractivity contribution in [3.05, 3.63) is 59.9 Å². The van der Waals surface area contributed by atoms with E-state index in [2.05, 4.69) is 22.0 Å². The number of aromatic nitrogens is 1. The second kappa shape index (κ2) is 7.38. The Balaban J connectivity index is 1.51. The number of ether oxygens (including phenoxy) is 1. The largest absolute Gasteiger partial charge is 0.489 e. The van der Waals surface area contributed by atoms with Crippen LogP contribution in [0.3, 0.4) is 0 Å². The van der Waals surface area contributed by atoms with E-state index in [1.54, 1.807) is 12.4 Å². The molecule has 0 radical (unpaired) electrons. The van der Waals surface area contributed by atoms with Crippen LogP contribution in [0.25, 0.3) is 0 Å². The van der Waals surface area contributed by atoms with Gasteiger partial charge in [-0.2, -0.15) is 0 Å². The van der Waals surface area contributed by atoms with Crippen molar-refractivity contribution in [3.8, 4) is 5.75 Å². The van der Waals surface area contributed by atoms with Gasteiger partial charge < -0.3 is 9.84 Å². The van der Waals surface area contributed by atoms with Gasteiger partial charge in [-0.05, 0) is 54.8 Å². The van der Waals surface area contributed by atoms with Gasteiger partial charge in [0.25, 0.3) is 0 Å². The van der Waals surface area contributed by atoms with Crippen molar-refractivity contribution in [2.24, 2.45) is 0 Å². The lowest BCUT2D eigenvalue weighted by Gasteiger charge is -2.29. The number of aliphatic hydroxyl groups is 1. The van der Waals surface area contributed by atoms with E-state index >= 15 is 0 Å². The van der Waals surface area contributed by atoms with E-state index in [9.17, 15) is 5.11 Å². The lowest BCUT2D eigenvalue weighted by molar-refractivity contribution is 0.0668. The summed E-state index contributed by atoms with van der Waals surface area (Å²) in [5, 5.41) is 9.71. The normalized spacial score (nSPS) is 19.0. The van der Waals surface area contributed by atoms with Gasteiger partial charge in [-0.3, -0.25) is 9.88 Å². The minimum Gasteiger partial charge on any atom is -0.489 e. The summed E-state index contributed by atoms with van der Waals surface area (Å²) in [5.41, 5.74) is 2.37. The smallest absolute Gasteiger partial charge is 0.119 e. The fourth-order valence-electron chi connectivity index (χ4n) is 2.77. The minimum absolute atomic E-state index is 0.170. The molecule has 1 fully saturated rings. The van der Waals surface area contributed by atoms with Crippen LogP contribution >= 0.6 is 0 Å². The summed E-state index contributed by atoms with van der Waals surface area (Å²) in [6, 6.07) is 12.1. The predicted molar refractivity (Wildman–Crippen MR) is 85.5 cm³/mol. The summed E-state index contributed by atoms with van der Waals surface area (Å²) in [6.07, 6.45) is 5.38. The van der Waals surface area contributed by atoms with Crippen LogP contribution in [0.2, 0.25) is 0 Å². The number of benzene rings is 1. The molecule has 1 unspecified atom stereocenters. The predicted octanol–water partition coefficient (Wildman–Crippen LogP) is 2.62. The Hall–Kier alpha value is -1.91. The van der Waals surface area contributed by atoms with Gasteiger partial charge in [-0.1, -0.05) is 12.1 Å². The first-order chi connectivity index (χ1) is 10.8. The lowest BCUT2D eigenvalue weighted by atomic mass is 10.1. The van der Waals surface area contributed by atoms with E-state index in [1.165, 1.54) is 5.56 Å². The van der Waals surface area contributed by atoms with Gasteiger partial charge in [-0.25, -0.2) is 0 Å². The second-order valence-corrected chi connectivity index (χ2v) is 5.82. The highest BCUT2D eigenvalue weighted by Gasteiger charge is 2.17. The number of pyridine rings is 1. The fourth-order valence-corrected chi connectivity index (χ4v) is 2.77. The third-order valence-corrected chi connectivity index (χ3v) is 3.97. The molecule has 0 spiro atoms. The fraction of sp³-hybridized carbons (Fsp3) is 0.389. The first-order valence-corrected chi connectivity index (χ1v) is 7.81. The Labute approximate surface area is 131 Å². The van der Waals surface area contributed by atoms with E-state index in [-0.39, 0.29) is 6.10 Å². The Morgan fingerprint density at radius 3 is 2.59 bits per heavy atom. The number of aliphatic hydroxyl groups excluding tert-OH is 1. The van der Waals surface area contributed by atoms with Gasteiger partial charge in [0.05, 0.1) is 6.10 Å². The quantitative estimate of drug-likeness (QED) is 0.921. The van der Waals surface area contributed by atoms with Crippen molar-refractivity contribution in [2.45, 2.75) is 32.1 Å². The molecule has 116 valence electrons. The average Bonchev–Trinajstić information content (AvgIpc) is 2.55. The Bertz CT molecular complexity index is 571. The molecule has 1 N–H and O–H groups in total. The van der Waals surface area contributed by atoms with Gasteiger partial charge in [0, 0.05) is 25.5 Å². The number of nitrogens with zero attached hydrogens (tertiary/aromatic N) is 2. The standard InChI is InChI=1S/C18H22N2O2/c21-17-2-1-11-20(13-17)12-15-3-5-18(6-4-15)22-14-16-7-9-19-10-8-16/h3-10,17,21H,1-2,11-14H2. The first-order valence-electron chi connectivity index (χ1n) is 7.81. The number of likely N-dealkylation sites (tertiary alicyclic amines) is 1. The molecule has 3 rings (SSSR count). The minimum atomic E-state index is -0.170. The number of β-amino-alcohol motifs (C(OH)–C–C–N with tert-alkyl or cyclic N) is 1. The van der Waals surface area contributed by atoms with Crippen LogP contribution in [0.1, 0.15) is 24.0 Å². The Morgan fingerprint density at radius 2 is 1.86 bits per heavy atom. The third-order valence-electron chi connectivity index (χ3n) is 3.97. The lowest BCUT2D eigenvalue weighted by Crippen LogP contribution is -2.37. The molecule has 1 saturated heterocycles. The highest BCUT2D eigenvalue weighted by atomic mass is 16.5. The molecule has 1 atom stereocenters. The topological polar surface area (TPSA) is 45.6 Å². The Morgan fingerprint density at radius 1 is 1.09 bits per heavy atom. The van der Waals surface area contributed by atoms with Crippen LogP contribution in [0.4, 0.5) is 0 Å². The zero-order valence-electron chi connectivity index (χ0n) is 12.7. The number of rotatable bonds is 5. The number of hydrogen-bond acceptors (Lipinski definition) is 4. The van der Waals surface area contributed by atoms with E-state index < -0.39 is 0 Å². The van der Waals surface area contributed by atoms with Gasteiger partial charge in [0.1, 0.15) is 12.4 Å². The van der Waals surface area contributed by atoms with E-state index in [0.717, 1.165) is 43.8 Å². The van der Waals surface area contributed by atoms with Gasteiger partial charge in [0.2, 0.25) is 0 Å². The van der Waals surface area contributed by atoms with Crippen LogP contribution in [0.15, 0.2) is 48.8 Å². The molecule has 0 amide bonds. The molecule has 4 nitrogen and oxygen atoms in total. The molecule has 22 heavy (non-hydrogen) atoms.